The lowest BCUT2D eigenvalue weighted by molar-refractivity contribution is 1.00. The summed E-state index contributed by atoms with van der Waals surface area (Å²) in [4.78, 5) is 16.5. The Balaban J connectivity index is 1.45. The lowest BCUT2D eigenvalue weighted by Crippen LogP contribution is -2.58. The molecule has 0 aliphatic carbocycles. The molecule has 0 unspecified atom stereocenters. The summed E-state index contributed by atoms with van der Waals surface area (Å²) in [5, 5.41) is 2.39. The number of aromatic nitrogens is 5. The van der Waals surface area contributed by atoms with Crippen molar-refractivity contribution >= 4 is 61.8 Å². The first-order valence-electron chi connectivity index (χ1n) is 15.3. The van der Waals surface area contributed by atoms with Crippen LogP contribution in [0.4, 0.5) is 0 Å². The molecular formula is C39H24BN5. The van der Waals surface area contributed by atoms with E-state index >= 15 is 0 Å². The molecule has 45 heavy (non-hydrogen) atoms. The number of hydrogen-bond donors (Lipinski definition) is 0. The van der Waals surface area contributed by atoms with Gasteiger partial charge in [0.2, 0.25) is 5.78 Å². The number of hydrogen-bond acceptors (Lipinski definition) is 3. The number of fused-ring (bicyclic) bond motifs is 7. The molecule has 0 fully saturated rings. The van der Waals surface area contributed by atoms with Crippen molar-refractivity contribution in [3.8, 4) is 28.3 Å². The number of benzene rings is 6. The minimum atomic E-state index is -0.111. The number of imidazole rings is 1. The Morgan fingerprint density at radius 2 is 1.16 bits per heavy atom. The van der Waals surface area contributed by atoms with E-state index in [1.165, 1.54) is 21.7 Å². The highest BCUT2D eigenvalue weighted by molar-refractivity contribution is 6.97. The van der Waals surface area contributed by atoms with Gasteiger partial charge in [-0.05, 0) is 29.0 Å². The molecule has 0 atom stereocenters. The van der Waals surface area contributed by atoms with Crippen LogP contribution >= 0.6 is 0 Å². The van der Waals surface area contributed by atoms with Gasteiger partial charge in [0.15, 0.2) is 5.82 Å². The third-order valence-electron chi connectivity index (χ3n) is 9.16. The van der Waals surface area contributed by atoms with Crippen LogP contribution in [0, 0.1) is 0 Å². The second kappa shape index (κ2) is 9.25. The highest BCUT2D eigenvalue weighted by Gasteiger charge is 2.37. The van der Waals surface area contributed by atoms with Crippen LogP contribution in [0.15, 0.2) is 146 Å². The summed E-state index contributed by atoms with van der Waals surface area (Å²) in [6.45, 7) is -0.111. The van der Waals surface area contributed by atoms with Crippen molar-refractivity contribution in [2.75, 3.05) is 0 Å². The van der Waals surface area contributed by atoms with Crippen molar-refractivity contribution in [1.29, 1.82) is 0 Å². The number of para-hydroxylation sites is 2. The van der Waals surface area contributed by atoms with E-state index in [9.17, 15) is 0 Å². The van der Waals surface area contributed by atoms with Gasteiger partial charge in [-0.25, -0.2) is 9.97 Å². The molecule has 0 radical (unpaired) electrons. The summed E-state index contributed by atoms with van der Waals surface area (Å²) in [7, 11) is 0. The predicted molar refractivity (Wildman–Crippen MR) is 185 cm³/mol. The van der Waals surface area contributed by atoms with Crippen molar-refractivity contribution in [2.24, 2.45) is 0 Å². The maximum atomic E-state index is 5.60. The molecule has 0 bridgehead atoms. The molecule has 0 saturated carbocycles. The Morgan fingerprint density at radius 3 is 1.91 bits per heavy atom. The number of nitrogens with zero attached hydrogens (tertiary/aromatic N) is 5. The van der Waals surface area contributed by atoms with Crippen LogP contribution < -0.4 is 16.5 Å². The van der Waals surface area contributed by atoms with E-state index in [1.54, 1.807) is 0 Å². The maximum Gasteiger partial charge on any atom is 0.272 e. The molecule has 6 aromatic carbocycles. The van der Waals surface area contributed by atoms with E-state index < -0.39 is 0 Å². The molecular weight excluding hydrogens is 549 g/mol. The van der Waals surface area contributed by atoms with Crippen LogP contribution in [0.5, 0.6) is 0 Å². The Bertz CT molecular complexity index is 2590. The fourth-order valence-corrected chi connectivity index (χ4v) is 7.24. The molecule has 9 aromatic rings. The summed E-state index contributed by atoms with van der Waals surface area (Å²) in [5.74, 6) is 1.64. The Labute approximate surface area is 259 Å². The minimum absolute atomic E-state index is 0.111. The fourth-order valence-electron chi connectivity index (χ4n) is 7.24. The van der Waals surface area contributed by atoms with Crippen LogP contribution in [-0.2, 0) is 0 Å². The Kier molecular flexibility index (Phi) is 5.02. The molecule has 1 aliphatic heterocycles. The van der Waals surface area contributed by atoms with E-state index in [0.717, 1.165) is 61.8 Å². The minimum Gasteiger partial charge on any atom is -0.277 e. The van der Waals surface area contributed by atoms with Crippen molar-refractivity contribution in [2.45, 2.75) is 0 Å². The van der Waals surface area contributed by atoms with Gasteiger partial charge >= 0.3 is 0 Å². The van der Waals surface area contributed by atoms with Crippen molar-refractivity contribution < 1.29 is 0 Å². The van der Waals surface area contributed by atoms with Gasteiger partial charge in [0, 0.05) is 16.5 Å². The van der Waals surface area contributed by atoms with E-state index in [2.05, 4.69) is 142 Å². The van der Waals surface area contributed by atoms with Gasteiger partial charge in [0.1, 0.15) is 0 Å². The van der Waals surface area contributed by atoms with Crippen molar-refractivity contribution in [3.05, 3.63) is 146 Å². The fraction of sp³-hybridized carbons (Fsp3) is 0. The quantitative estimate of drug-likeness (QED) is 0.226. The summed E-state index contributed by atoms with van der Waals surface area (Å²) < 4.78 is 4.56. The Hall–Kier alpha value is -6.01. The average Bonchev–Trinajstić information content (AvgIpc) is 3.51. The molecule has 5 nitrogen and oxygen atoms in total. The van der Waals surface area contributed by atoms with Gasteiger partial charge in [0.25, 0.3) is 6.71 Å². The molecule has 0 saturated heterocycles. The van der Waals surface area contributed by atoms with Crippen molar-refractivity contribution in [3.63, 3.8) is 0 Å². The molecule has 0 N–H and O–H groups in total. The molecule has 4 heterocycles. The highest BCUT2D eigenvalue weighted by atomic mass is 15.2. The van der Waals surface area contributed by atoms with E-state index in [-0.39, 0.29) is 6.71 Å². The summed E-state index contributed by atoms with van der Waals surface area (Å²) in [6.07, 6.45) is 0. The van der Waals surface area contributed by atoms with Crippen LogP contribution in [-0.4, -0.2) is 30.6 Å². The predicted octanol–water partition coefficient (Wildman–Crippen LogP) is 6.54. The molecule has 10 rings (SSSR count). The molecule has 0 spiro atoms. The van der Waals surface area contributed by atoms with Gasteiger partial charge in [-0.3, -0.25) is 14.0 Å². The zero-order chi connectivity index (χ0) is 29.5. The lowest BCUT2D eigenvalue weighted by Gasteiger charge is -2.29. The van der Waals surface area contributed by atoms with Crippen molar-refractivity contribution in [1.82, 2.24) is 23.9 Å². The van der Waals surface area contributed by atoms with E-state index in [1.807, 2.05) is 12.1 Å². The van der Waals surface area contributed by atoms with Crippen LogP contribution in [0.1, 0.15) is 0 Å². The summed E-state index contributed by atoms with van der Waals surface area (Å²) in [6, 6.07) is 51.0. The van der Waals surface area contributed by atoms with Gasteiger partial charge in [0.05, 0.1) is 39.0 Å². The van der Waals surface area contributed by atoms with Crippen LogP contribution in [0.25, 0.3) is 66.9 Å². The van der Waals surface area contributed by atoms with Gasteiger partial charge in [-0.1, -0.05) is 133 Å². The molecule has 3 aromatic heterocycles. The first-order valence-corrected chi connectivity index (χ1v) is 15.3. The van der Waals surface area contributed by atoms with E-state index in [4.69, 9.17) is 15.0 Å². The monoisotopic (exact) mass is 573 g/mol. The first kappa shape index (κ1) is 24.4. The summed E-state index contributed by atoms with van der Waals surface area (Å²) >= 11 is 0. The molecule has 208 valence electrons. The van der Waals surface area contributed by atoms with Gasteiger partial charge in [-0.15, -0.1) is 0 Å². The largest absolute Gasteiger partial charge is 0.277 e. The molecule has 6 heteroatoms. The number of rotatable bonds is 3. The average molecular weight is 573 g/mol. The first-order chi connectivity index (χ1) is 22.3. The van der Waals surface area contributed by atoms with Gasteiger partial charge < -0.3 is 0 Å². The lowest BCUT2D eigenvalue weighted by atomic mass is 9.37. The normalized spacial score (nSPS) is 12.4. The highest BCUT2D eigenvalue weighted by Crippen LogP contribution is 2.36. The van der Waals surface area contributed by atoms with E-state index in [0.29, 0.717) is 0 Å². The smallest absolute Gasteiger partial charge is 0.272 e. The summed E-state index contributed by atoms with van der Waals surface area (Å²) in [5.41, 5.74) is 11.4. The Morgan fingerprint density at radius 1 is 0.511 bits per heavy atom. The van der Waals surface area contributed by atoms with Crippen LogP contribution in [0.2, 0.25) is 0 Å². The van der Waals surface area contributed by atoms with Gasteiger partial charge in [-0.2, -0.15) is 0 Å². The zero-order valence-corrected chi connectivity index (χ0v) is 24.2. The third kappa shape index (κ3) is 3.42. The maximum absolute atomic E-state index is 5.60. The topological polar surface area (TPSA) is 48.0 Å². The molecule has 1 aliphatic rings. The van der Waals surface area contributed by atoms with Crippen LogP contribution in [0.3, 0.4) is 0 Å². The second-order valence-corrected chi connectivity index (χ2v) is 11.7. The SMILES string of the molecule is c1ccc(B2c3nc(-c4ccccc4)c(-c4ccccc4)nc3-n3c4c2ccc2cccc(c24)n2c4ccccc4nc32)cc1. The third-order valence-corrected chi connectivity index (χ3v) is 9.16. The molecule has 0 amide bonds. The zero-order valence-electron chi connectivity index (χ0n) is 24.2. The standard InChI is InChI=1S/C39H24BN5/c1-4-13-26(14-5-1)34-35(27-15-6-2-7-16-27)43-38-37(42-34)40(28-18-8-3-9-19-28)29-24-23-25-17-12-22-32-33(25)36(29)45(38)39-41-30-20-10-11-21-31(30)44(32)39/h1-24H. The second-order valence-electron chi connectivity index (χ2n) is 11.7.